The molecule has 2 rings (SSSR count). The molecule has 0 aromatic heterocycles. The fourth-order valence-electron chi connectivity index (χ4n) is 1.95. The van der Waals surface area contributed by atoms with Gasteiger partial charge in [-0.3, -0.25) is 5.32 Å². The van der Waals surface area contributed by atoms with Crippen molar-refractivity contribution < 1.29 is 14.6 Å². The average Bonchev–Trinajstić information content (AvgIpc) is 2.61. The van der Waals surface area contributed by atoms with Crippen LogP contribution in [-0.2, 0) is 11.3 Å². The maximum atomic E-state index is 12.0. The Hall–Kier alpha value is -1.93. The Kier molecular flexibility index (Phi) is 7.79. The van der Waals surface area contributed by atoms with Crippen LogP contribution < -0.4 is 16.0 Å². The molecule has 27 heavy (non-hydrogen) atoms. The van der Waals surface area contributed by atoms with Crippen molar-refractivity contribution in [3.8, 4) is 5.75 Å². The summed E-state index contributed by atoms with van der Waals surface area (Å²) in [6.45, 7) is 0.0554. The first kappa shape index (κ1) is 21.4. The number of hydrogen-bond donors (Lipinski definition) is 4. The summed E-state index contributed by atoms with van der Waals surface area (Å²) in [5, 5.41) is 17.6. The number of phenols is 1. The molecule has 6 nitrogen and oxygen atoms in total. The Bertz CT molecular complexity index is 788. The number of hydrogen-bond acceptors (Lipinski definition) is 4. The lowest BCUT2D eigenvalue weighted by atomic mass is 10.2. The summed E-state index contributed by atoms with van der Waals surface area (Å²) in [4.78, 5) is 12.0. The van der Waals surface area contributed by atoms with Gasteiger partial charge in [0.25, 0.3) is 0 Å². The maximum Gasteiger partial charge on any atom is 0.409 e. The van der Waals surface area contributed by atoms with Crippen molar-refractivity contribution in [3.05, 3.63) is 60.2 Å². The number of halogens is 3. The molecule has 0 saturated heterocycles. The molecule has 1 atom stereocenters. The third-order valence-corrected chi connectivity index (χ3v) is 4.10. The molecule has 0 radical (unpaired) electrons. The second-order valence-corrected chi connectivity index (χ2v) is 8.07. The highest BCUT2D eigenvalue weighted by atomic mass is 35.6. The molecule has 0 unspecified atom stereocenters. The number of phenolic OH excluding ortho intramolecular Hbond substituents is 1. The largest absolute Gasteiger partial charge is 0.506 e. The molecule has 2 aromatic carbocycles. The first-order valence-electron chi connectivity index (χ1n) is 7.65. The van der Waals surface area contributed by atoms with Gasteiger partial charge in [0.2, 0.25) is 3.79 Å². The standard InChI is InChI=1S/C17H16Cl3N3O3S/c18-17(19,20)14(22-15(27)21-12-8-4-5-9-13(12)24)23-16(25)26-10-11-6-2-1-3-7-11/h1-9,14,24H,10H2,(H,23,25)(H2,21,22,27)/t14-/m0/s1. The molecule has 0 aliphatic rings. The van der Waals surface area contributed by atoms with Crippen LogP contribution in [0.4, 0.5) is 10.5 Å². The number of anilines is 1. The van der Waals surface area contributed by atoms with Crippen molar-refractivity contribution >= 4 is 63.9 Å². The summed E-state index contributed by atoms with van der Waals surface area (Å²) in [6.07, 6.45) is -1.98. The van der Waals surface area contributed by atoms with Gasteiger partial charge in [-0.25, -0.2) is 4.79 Å². The Morgan fingerprint density at radius 2 is 1.70 bits per heavy atom. The number of nitrogens with one attached hydrogen (secondary N) is 3. The van der Waals surface area contributed by atoms with Crippen molar-refractivity contribution in [3.63, 3.8) is 0 Å². The van der Waals surface area contributed by atoms with Crippen LogP contribution in [0.1, 0.15) is 5.56 Å². The number of rotatable bonds is 5. The molecule has 0 saturated carbocycles. The van der Waals surface area contributed by atoms with E-state index >= 15 is 0 Å². The molecule has 10 heteroatoms. The normalized spacial score (nSPS) is 12.0. The summed E-state index contributed by atoms with van der Waals surface area (Å²) < 4.78 is 3.18. The summed E-state index contributed by atoms with van der Waals surface area (Å²) in [7, 11) is 0. The van der Waals surface area contributed by atoms with Gasteiger partial charge in [-0.15, -0.1) is 0 Å². The van der Waals surface area contributed by atoms with E-state index in [0.29, 0.717) is 5.69 Å². The van der Waals surface area contributed by atoms with Crippen LogP contribution in [-0.4, -0.2) is 26.3 Å². The molecule has 0 spiro atoms. The predicted octanol–water partition coefficient (Wildman–Crippen LogP) is 4.30. The molecule has 0 bridgehead atoms. The molecule has 1 amide bonds. The van der Waals surface area contributed by atoms with E-state index < -0.39 is 16.1 Å². The highest BCUT2D eigenvalue weighted by molar-refractivity contribution is 7.80. The number of alkyl carbamates (subject to hydrolysis) is 1. The van der Waals surface area contributed by atoms with Crippen LogP contribution in [0, 0.1) is 0 Å². The molecule has 0 aliphatic heterocycles. The lowest BCUT2D eigenvalue weighted by Crippen LogP contribution is -2.56. The Morgan fingerprint density at radius 1 is 1.07 bits per heavy atom. The van der Waals surface area contributed by atoms with E-state index in [-0.39, 0.29) is 17.5 Å². The smallest absolute Gasteiger partial charge is 0.409 e. The van der Waals surface area contributed by atoms with Gasteiger partial charge in [-0.05, 0) is 29.9 Å². The SMILES string of the molecule is O=C(N[C@H](NC(=S)Nc1ccccc1O)C(Cl)(Cl)Cl)OCc1ccccc1. The van der Waals surface area contributed by atoms with Crippen molar-refractivity contribution in [2.24, 2.45) is 0 Å². The summed E-state index contributed by atoms with van der Waals surface area (Å²) in [5.74, 6) is -0.0117. The summed E-state index contributed by atoms with van der Waals surface area (Å²) >= 11 is 22.8. The van der Waals surface area contributed by atoms with Gasteiger partial charge in [0, 0.05) is 0 Å². The Balaban J connectivity index is 1.93. The third-order valence-electron chi connectivity index (χ3n) is 3.23. The van der Waals surface area contributed by atoms with Gasteiger partial charge >= 0.3 is 6.09 Å². The molecule has 4 N–H and O–H groups in total. The zero-order valence-electron chi connectivity index (χ0n) is 13.8. The lowest BCUT2D eigenvalue weighted by molar-refractivity contribution is 0.135. The lowest BCUT2D eigenvalue weighted by Gasteiger charge is -2.27. The minimum absolute atomic E-state index is 0.0117. The predicted molar refractivity (Wildman–Crippen MR) is 111 cm³/mol. The molecule has 0 aliphatic carbocycles. The van der Waals surface area contributed by atoms with Crippen LogP contribution in [0.3, 0.4) is 0 Å². The van der Waals surface area contributed by atoms with Crippen LogP contribution in [0.2, 0.25) is 0 Å². The fourth-order valence-corrected chi connectivity index (χ4v) is 2.51. The zero-order valence-corrected chi connectivity index (χ0v) is 16.9. The second kappa shape index (κ2) is 9.85. The topological polar surface area (TPSA) is 82.6 Å². The number of benzene rings is 2. The van der Waals surface area contributed by atoms with Gasteiger partial charge < -0.3 is 20.5 Å². The highest BCUT2D eigenvalue weighted by Gasteiger charge is 2.35. The fraction of sp³-hybridized carbons (Fsp3) is 0.176. The number of amides is 1. The number of carbonyl (C=O) groups excluding carboxylic acids is 1. The van der Waals surface area contributed by atoms with E-state index in [2.05, 4.69) is 16.0 Å². The number of aromatic hydroxyl groups is 1. The minimum Gasteiger partial charge on any atom is -0.506 e. The van der Waals surface area contributed by atoms with E-state index in [1.165, 1.54) is 6.07 Å². The molecule has 144 valence electrons. The van der Waals surface area contributed by atoms with Gasteiger partial charge in [0.05, 0.1) is 5.69 Å². The first-order chi connectivity index (χ1) is 12.8. The number of alkyl halides is 3. The van der Waals surface area contributed by atoms with E-state index in [1.54, 1.807) is 18.2 Å². The number of ether oxygens (including phenoxy) is 1. The van der Waals surface area contributed by atoms with E-state index in [9.17, 15) is 9.90 Å². The quantitative estimate of drug-likeness (QED) is 0.236. The second-order valence-electron chi connectivity index (χ2n) is 5.30. The van der Waals surface area contributed by atoms with Crippen LogP contribution in [0.25, 0.3) is 0 Å². The zero-order chi connectivity index (χ0) is 19.9. The molecular formula is C17H16Cl3N3O3S. The van der Waals surface area contributed by atoms with E-state index in [4.69, 9.17) is 51.8 Å². The van der Waals surface area contributed by atoms with E-state index in [1.807, 2.05) is 30.3 Å². The van der Waals surface area contributed by atoms with Crippen LogP contribution in [0.5, 0.6) is 5.75 Å². The first-order valence-corrected chi connectivity index (χ1v) is 9.19. The van der Waals surface area contributed by atoms with Gasteiger partial charge in [-0.1, -0.05) is 77.3 Å². The van der Waals surface area contributed by atoms with Crippen molar-refractivity contribution in [2.75, 3.05) is 5.32 Å². The highest BCUT2D eigenvalue weighted by Crippen LogP contribution is 2.29. The maximum absolute atomic E-state index is 12.0. The molecule has 0 fully saturated rings. The minimum atomic E-state index is -1.92. The molecule has 0 heterocycles. The van der Waals surface area contributed by atoms with Crippen LogP contribution in [0.15, 0.2) is 54.6 Å². The monoisotopic (exact) mass is 447 g/mol. The Labute approximate surface area is 176 Å². The van der Waals surface area contributed by atoms with Gasteiger partial charge in [0.1, 0.15) is 12.4 Å². The third kappa shape index (κ3) is 7.30. The van der Waals surface area contributed by atoms with Gasteiger partial charge in [-0.2, -0.15) is 0 Å². The number of para-hydroxylation sites is 2. The molecular weight excluding hydrogens is 433 g/mol. The summed E-state index contributed by atoms with van der Waals surface area (Å²) in [5.41, 5.74) is 1.16. The summed E-state index contributed by atoms with van der Waals surface area (Å²) in [6, 6.07) is 15.6. The van der Waals surface area contributed by atoms with Crippen molar-refractivity contribution in [1.29, 1.82) is 0 Å². The Morgan fingerprint density at radius 3 is 2.33 bits per heavy atom. The average molecular weight is 449 g/mol. The number of carbonyl (C=O) groups is 1. The number of thiocarbonyl (C=S) groups is 1. The van der Waals surface area contributed by atoms with Crippen molar-refractivity contribution in [2.45, 2.75) is 16.6 Å². The van der Waals surface area contributed by atoms with Crippen LogP contribution >= 0.6 is 47.0 Å². The van der Waals surface area contributed by atoms with E-state index in [0.717, 1.165) is 5.56 Å². The van der Waals surface area contributed by atoms with Crippen molar-refractivity contribution in [1.82, 2.24) is 10.6 Å². The van der Waals surface area contributed by atoms with Gasteiger partial charge in [0.15, 0.2) is 11.3 Å². The molecule has 2 aromatic rings.